The maximum absolute atomic E-state index is 15.2. The second kappa shape index (κ2) is 16.4. The minimum absolute atomic E-state index is 0.0609. The minimum atomic E-state index is -1.00. The highest BCUT2D eigenvalue weighted by Gasteiger charge is 2.35. The molecular formula is C44H50F2N10O4. The fourth-order valence-electron chi connectivity index (χ4n) is 9.21. The molecule has 314 valence electrons. The second-order valence-electron chi connectivity index (χ2n) is 16.7. The molecule has 3 aromatic heterocycles. The van der Waals surface area contributed by atoms with Crippen molar-refractivity contribution in [3.05, 3.63) is 82.2 Å². The maximum atomic E-state index is 15.2. The molecule has 0 saturated carbocycles. The molecule has 5 aromatic rings. The number of hydrogen-bond donors (Lipinski definition) is 2. The number of piperazine rings is 1. The number of aromatic nitrogens is 5. The van der Waals surface area contributed by atoms with E-state index in [0.29, 0.717) is 66.6 Å². The molecule has 4 aliphatic rings. The third-order valence-corrected chi connectivity index (χ3v) is 12.5. The summed E-state index contributed by atoms with van der Waals surface area (Å²) in [5.41, 5.74) is 7.05. The van der Waals surface area contributed by atoms with Crippen molar-refractivity contribution >= 4 is 40.4 Å². The molecule has 9 rings (SSSR count). The van der Waals surface area contributed by atoms with Gasteiger partial charge in [0.25, 0.3) is 5.91 Å². The van der Waals surface area contributed by atoms with E-state index in [9.17, 15) is 14.4 Å². The van der Waals surface area contributed by atoms with Crippen LogP contribution in [0.15, 0.2) is 42.6 Å². The Morgan fingerprint density at radius 1 is 0.883 bits per heavy atom. The second-order valence-corrected chi connectivity index (χ2v) is 16.7. The Labute approximate surface area is 346 Å². The number of nitrogens with zero attached hydrogens (tertiary/aromatic N) is 8. The SMILES string of the molecule is Cc1cc2cc(n1)-c1cnn(C)c1OCCCCCn1c(nc3ccc(CN4CCN(CC5CN(c6cc(F)c([C@H]7CCC(=O)NC7=O)c(F)c6)C5)CC4)c(C)c31)NC2=O. The van der Waals surface area contributed by atoms with Crippen molar-refractivity contribution in [2.24, 2.45) is 13.0 Å². The van der Waals surface area contributed by atoms with Crippen LogP contribution in [0.4, 0.5) is 20.4 Å². The molecule has 7 heterocycles. The normalized spacial score (nSPS) is 19.8. The molecule has 3 fully saturated rings. The Balaban J connectivity index is 0.833. The van der Waals surface area contributed by atoms with Gasteiger partial charge in [-0.15, -0.1) is 0 Å². The molecule has 60 heavy (non-hydrogen) atoms. The Kier molecular flexibility index (Phi) is 10.8. The first-order valence-electron chi connectivity index (χ1n) is 20.9. The number of rotatable bonds is 6. The fraction of sp³-hybridized carbons (Fsp3) is 0.455. The van der Waals surface area contributed by atoms with Crippen LogP contribution in [0.3, 0.4) is 0 Å². The highest BCUT2D eigenvalue weighted by atomic mass is 19.1. The van der Waals surface area contributed by atoms with Crippen molar-refractivity contribution in [3.63, 3.8) is 0 Å². The largest absolute Gasteiger partial charge is 0.477 e. The summed E-state index contributed by atoms with van der Waals surface area (Å²) in [7, 11) is 1.84. The maximum Gasteiger partial charge on any atom is 0.258 e. The lowest BCUT2D eigenvalue weighted by Crippen LogP contribution is -2.54. The third kappa shape index (κ3) is 7.85. The summed E-state index contributed by atoms with van der Waals surface area (Å²) in [6.45, 7) is 12.1. The lowest BCUT2D eigenvalue weighted by Gasteiger charge is -2.45. The predicted octanol–water partition coefficient (Wildman–Crippen LogP) is 5.32. The van der Waals surface area contributed by atoms with Crippen LogP contribution >= 0.6 is 0 Å². The quantitative estimate of drug-likeness (QED) is 0.217. The first-order chi connectivity index (χ1) is 29.0. The first-order valence-corrected chi connectivity index (χ1v) is 20.9. The number of hydrogen-bond acceptors (Lipinski definition) is 10. The number of aryl methyl sites for hydroxylation is 4. The smallest absolute Gasteiger partial charge is 0.258 e. The van der Waals surface area contributed by atoms with Gasteiger partial charge in [-0.2, -0.15) is 5.10 Å². The molecule has 16 heteroatoms. The highest BCUT2D eigenvalue weighted by molar-refractivity contribution is 6.05. The van der Waals surface area contributed by atoms with Gasteiger partial charge in [-0.3, -0.25) is 34.9 Å². The molecule has 0 aliphatic carbocycles. The summed E-state index contributed by atoms with van der Waals surface area (Å²) in [5.74, 6) is -2.28. The summed E-state index contributed by atoms with van der Waals surface area (Å²) in [5, 5.41) is 9.72. The highest BCUT2D eigenvalue weighted by Crippen LogP contribution is 2.35. The van der Waals surface area contributed by atoms with Gasteiger partial charge in [-0.25, -0.2) is 18.4 Å². The summed E-state index contributed by atoms with van der Waals surface area (Å²) in [6.07, 6.45) is 4.57. The van der Waals surface area contributed by atoms with Gasteiger partial charge in [0.15, 0.2) is 0 Å². The van der Waals surface area contributed by atoms with Crippen LogP contribution in [0.25, 0.3) is 22.3 Å². The zero-order valence-electron chi connectivity index (χ0n) is 34.3. The van der Waals surface area contributed by atoms with Crippen LogP contribution in [0.5, 0.6) is 5.88 Å². The number of halogens is 2. The summed E-state index contributed by atoms with van der Waals surface area (Å²) < 4.78 is 40.4. The fourth-order valence-corrected chi connectivity index (χ4v) is 9.21. The Morgan fingerprint density at radius 2 is 1.65 bits per heavy atom. The van der Waals surface area contributed by atoms with Crippen LogP contribution in [-0.2, 0) is 29.7 Å². The van der Waals surface area contributed by atoms with Gasteiger partial charge in [-0.1, -0.05) is 6.07 Å². The monoisotopic (exact) mass is 820 g/mol. The Bertz CT molecular complexity index is 2460. The number of imide groups is 1. The Hall–Kier alpha value is -5.74. The van der Waals surface area contributed by atoms with Crippen molar-refractivity contribution in [2.45, 2.75) is 65.0 Å². The number of anilines is 2. The number of amides is 3. The molecule has 0 unspecified atom stereocenters. The lowest BCUT2D eigenvalue weighted by atomic mass is 9.89. The van der Waals surface area contributed by atoms with Crippen LogP contribution in [0.2, 0.25) is 0 Å². The number of imidazole rings is 1. The number of nitrogens with one attached hydrogen (secondary N) is 2. The van der Waals surface area contributed by atoms with Gasteiger partial charge in [0.05, 0.1) is 41.0 Å². The van der Waals surface area contributed by atoms with Crippen molar-refractivity contribution in [1.82, 2.24) is 39.4 Å². The molecule has 3 saturated heterocycles. The van der Waals surface area contributed by atoms with Gasteiger partial charge in [0.1, 0.15) is 11.6 Å². The minimum Gasteiger partial charge on any atom is -0.477 e. The standard InChI is InChI=1S/C44H50F2N10O4/c1-26-17-30-18-37(48-26)33-21-47-52(3)43(33)60-16-6-4-5-11-56-40-27(2)29(7-9-36(40)49-44(56)51-41(30)58)25-54-14-12-53(13-15-54)22-28-23-55(24-28)31-19-34(45)39(35(46)20-31)32-8-10-38(57)50-42(32)59/h7,9,17-21,28,32H,4-6,8,10-16,22-25H2,1-3H3,(H,49,51,58)(H,50,57,59)/t32-/m1/s1. The molecule has 2 aromatic carbocycles. The van der Waals surface area contributed by atoms with Gasteiger partial charge >= 0.3 is 0 Å². The summed E-state index contributed by atoms with van der Waals surface area (Å²) in [4.78, 5) is 54.2. The molecule has 4 aliphatic heterocycles. The zero-order valence-corrected chi connectivity index (χ0v) is 34.3. The topological polar surface area (TPSA) is 143 Å². The number of piperidine rings is 1. The van der Waals surface area contributed by atoms with Crippen LogP contribution in [0, 0.1) is 31.4 Å². The van der Waals surface area contributed by atoms with Gasteiger partial charge in [0, 0.05) is 101 Å². The Morgan fingerprint density at radius 3 is 2.42 bits per heavy atom. The van der Waals surface area contributed by atoms with Crippen LogP contribution < -0.4 is 20.3 Å². The molecule has 14 nitrogen and oxygen atoms in total. The molecule has 3 amide bonds. The van der Waals surface area contributed by atoms with E-state index in [1.807, 2.05) is 18.9 Å². The molecule has 2 bridgehead atoms. The zero-order chi connectivity index (χ0) is 41.7. The molecule has 1 atom stereocenters. The van der Waals surface area contributed by atoms with E-state index in [2.05, 4.69) is 49.2 Å². The number of carbonyl (C=O) groups is 3. The van der Waals surface area contributed by atoms with Crippen molar-refractivity contribution in [3.8, 4) is 17.1 Å². The van der Waals surface area contributed by atoms with Crippen molar-refractivity contribution < 1.29 is 27.9 Å². The number of ether oxygens (including phenoxy) is 1. The van der Waals surface area contributed by atoms with E-state index in [-0.39, 0.29) is 24.3 Å². The summed E-state index contributed by atoms with van der Waals surface area (Å²) >= 11 is 0. The molecular weight excluding hydrogens is 771 g/mol. The van der Waals surface area contributed by atoms with E-state index >= 15 is 8.78 Å². The number of pyridine rings is 1. The summed E-state index contributed by atoms with van der Waals surface area (Å²) in [6, 6.07) is 10.4. The van der Waals surface area contributed by atoms with E-state index in [4.69, 9.17) is 14.7 Å². The van der Waals surface area contributed by atoms with Gasteiger partial charge in [0.2, 0.25) is 23.6 Å². The van der Waals surface area contributed by atoms with Crippen molar-refractivity contribution in [2.75, 3.05) is 62.6 Å². The van der Waals surface area contributed by atoms with Crippen LogP contribution in [-0.4, -0.2) is 104 Å². The predicted molar refractivity (Wildman–Crippen MR) is 222 cm³/mol. The number of fused-ring (bicyclic) bond motifs is 7. The average molecular weight is 821 g/mol. The van der Waals surface area contributed by atoms with E-state index < -0.39 is 29.4 Å². The molecule has 0 radical (unpaired) electrons. The van der Waals surface area contributed by atoms with E-state index in [1.54, 1.807) is 23.0 Å². The average Bonchev–Trinajstić information content (AvgIpc) is 3.75. The third-order valence-electron chi connectivity index (χ3n) is 12.5. The van der Waals surface area contributed by atoms with Gasteiger partial charge < -0.3 is 19.1 Å². The number of benzene rings is 2. The molecule has 0 spiro atoms. The lowest BCUT2D eigenvalue weighted by molar-refractivity contribution is -0.134. The van der Waals surface area contributed by atoms with Crippen molar-refractivity contribution in [1.29, 1.82) is 0 Å². The number of carbonyl (C=O) groups excluding carboxylic acids is 3. The first kappa shape index (κ1) is 39.7. The van der Waals surface area contributed by atoms with E-state index in [0.717, 1.165) is 80.7 Å². The molecule has 2 N–H and O–H groups in total. The van der Waals surface area contributed by atoms with Crippen LogP contribution in [0.1, 0.15) is 70.8 Å². The van der Waals surface area contributed by atoms with E-state index in [1.165, 1.54) is 17.7 Å². The van der Waals surface area contributed by atoms with Gasteiger partial charge in [-0.05, 0) is 81.0 Å².